The van der Waals surface area contributed by atoms with Gasteiger partial charge >= 0.3 is 5.97 Å². The summed E-state index contributed by atoms with van der Waals surface area (Å²) in [5.41, 5.74) is 0. The van der Waals surface area contributed by atoms with Crippen LogP contribution in [-0.4, -0.2) is 46.5 Å². The second kappa shape index (κ2) is 7.39. The van der Waals surface area contributed by atoms with Crippen molar-refractivity contribution >= 4 is 11.9 Å². The van der Waals surface area contributed by atoms with Crippen molar-refractivity contribution < 1.29 is 19.4 Å². The number of nitrogens with zero attached hydrogens (tertiary/aromatic N) is 2. The van der Waals surface area contributed by atoms with Crippen molar-refractivity contribution in [3.63, 3.8) is 0 Å². The number of ether oxygens (including phenoxy) is 1. The average molecular weight is 241 g/mol. The zero-order valence-corrected chi connectivity index (χ0v) is 9.33. The van der Waals surface area contributed by atoms with Crippen molar-refractivity contribution in [3.05, 3.63) is 18.5 Å². The number of carbonyl (C=O) groups excluding carboxylic acids is 1. The Balaban J connectivity index is 1.98. The van der Waals surface area contributed by atoms with Crippen LogP contribution in [0.3, 0.4) is 0 Å². The van der Waals surface area contributed by atoms with E-state index >= 15 is 0 Å². The molecule has 0 saturated heterocycles. The van der Waals surface area contributed by atoms with Crippen LogP contribution in [0, 0.1) is 0 Å². The summed E-state index contributed by atoms with van der Waals surface area (Å²) < 4.78 is 6.40. The lowest BCUT2D eigenvalue weighted by molar-refractivity contribution is -0.143. The fourth-order valence-corrected chi connectivity index (χ4v) is 1.18. The molecule has 0 fully saturated rings. The molecule has 0 aliphatic rings. The molecule has 0 aromatic carbocycles. The first-order valence-corrected chi connectivity index (χ1v) is 5.22. The molecule has 0 aliphatic carbocycles. The average Bonchev–Trinajstić information content (AvgIpc) is 2.76. The maximum atomic E-state index is 11.1. The molecule has 1 rings (SSSR count). The molecule has 2 N–H and O–H groups in total. The number of aryl methyl sites for hydroxylation is 1. The molecule has 1 aromatic rings. The van der Waals surface area contributed by atoms with Gasteiger partial charge in [-0.15, -0.1) is 0 Å². The van der Waals surface area contributed by atoms with E-state index in [0.29, 0.717) is 6.54 Å². The van der Waals surface area contributed by atoms with Crippen molar-refractivity contribution in [2.45, 2.75) is 13.0 Å². The Bertz CT molecular complexity index is 350. The number of aliphatic carboxylic acids is 1. The van der Waals surface area contributed by atoms with Gasteiger partial charge in [-0.2, -0.15) is 5.10 Å². The third kappa shape index (κ3) is 6.31. The maximum Gasteiger partial charge on any atom is 0.329 e. The highest BCUT2D eigenvalue weighted by molar-refractivity contribution is 5.77. The second-order valence-electron chi connectivity index (χ2n) is 3.36. The molecule has 1 aromatic heterocycles. The molecule has 0 saturated carbocycles. The predicted octanol–water partition coefficient (Wildman–Crippen LogP) is -0.509. The Morgan fingerprint density at radius 2 is 2.24 bits per heavy atom. The molecule has 0 spiro atoms. The van der Waals surface area contributed by atoms with E-state index in [1.54, 1.807) is 10.9 Å². The van der Waals surface area contributed by atoms with Crippen LogP contribution in [0.5, 0.6) is 0 Å². The van der Waals surface area contributed by atoms with Crippen LogP contribution in [0.15, 0.2) is 18.5 Å². The van der Waals surface area contributed by atoms with E-state index in [0.717, 1.165) is 13.0 Å². The maximum absolute atomic E-state index is 11.1. The van der Waals surface area contributed by atoms with Gasteiger partial charge in [0.05, 0.1) is 0 Å². The van der Waals surface area contributed by atoms with Crippen LogP contribution in [0.2, 0.25) is 0 Å². The van der Waals surface area contributed by atoms with E-state index in [4.69, 9.17) is 5.11 Å². The largest absolute Gasteiger partial charge is 0.480 e. The minimum Gasteiger partial charge on any atom is -0.480 e. The Kier molecular flexibility index (Phi) is 5.73. The second-order valence-corrected chi connectivity index (χ2v) is 3.36. The molecule has 7 heteroatoms. The third-order valence-electron chi connectivity index (χ3n) is 1.90. The fourth-order valence-electron chi connectivity index (χ4n) is 1.18. The monoisotopic (exact) mass is 241 g/mol. The lowest BCUT2D eigenvalue weighted by atomic mass is 10.4. The van der Waals surface area contributed by atoms with E-state index in [1.807, 2.05) is 12.3 Å². The molecule has 0 radical (unpaired) electrons. The molecular formula is C10H15N3O4. The number of amides is 1. The summed E-state index contributed by atoms with van der Waals surface area (Å²) in [5.74, 6) is -1.40. The van der Waals surface area contributed by atoms with Crippen molar-refractivity contribution in [2.75, 3.05) is 19.8 Å². The molecule has 94 valence electrons. The lowest BCUT2D eigenvalue weighted by Gasteiger charge is -2.05. The standard InChI is InChI=1S/C10H15N3O4/c14-9(7-17-8-10(15)16)11-3-1-5-13-6-2-4-12-13/h2,4,6H,1,3,5,7-8H2,(H,11,14)(H,15,16). The quantitative estimate of drug-likeness (QED) is 0.598. The van der Waals surface area contributed by atoms with Crippen LogP contribution in [0.4, 0.5) is 0 Å². The number of carbonyl (C=O) groups is 2. The molecule has 0 atom stereocenters. The van der Waals surface area contributed by atoms with E-state index in [-0.39, 0.29) is 12.5 Å². The Labute approximate surface area is 98.4 Å². The van der Waals surface area contributed by atoms with E-state index in [9.17, 15) is 9.59 Å². The highest BCUT2D eigenvalue weighted by Crippen LogP contribution is 1.87. The van der Waals surface area contributed by atoms with Gasteiger partial charge in [0.25, 0.3) is 0 Å². The minimum absolute atomic E-state index is 0.228. The van der Waals surface area contributed by atoms with Gasteiger partial charge in [0.2, 0.25) is 5.91 Å². The number of nitrogens with one attached hydrogen (secondary N) is 1. The SMILES string of the molecule is O=C(O)COCC(=O)NCCCn1cccn1. The van der Waals surface area contributed by atoms with E-state index in [2.05, 4.69) is 15.2 Å². The van der Waals surface area contributed by atoms with Gasteiger partial charge in [0.15, 0.2) is 0 Å². The van der Waals surface area contributed by atoms with Gasteiger partial charge in [-0.05, 0) is 12.5 Å². The minimum atomic E-state index is -1.09. The summed E-state index contributed by atoms with van der Waals surface area (Å²) in [6.45, 7) is 0.549. The summed E-state index contributed by atoms with van der Waals surface area (Å²) in [6, 6.07) is 1.83. The zero-order valence-electron chi connectivity index (χ0n) is 9.33. The summed E-state index contributed by atoms with van der Waals surface area (Å²) in [6.07, 6.45) is 4.29. The van der Waals surface area contributed by atoms with Crippen LogP contribution in [-0.2, 0) is 20.9 Å². The molecule has 1 amide bonds. The summed E-state index contributed by atoms with van der Waals surface area (Å²) in [7, 11) is 0. The van der Waals surface area contributed by atoms with Crippen LogP contribution >= 0.6 is 0 Å². The smallest absolute Gasteiger partial charge is 0.329 e. The van der Waals surface area contributed by atoms with Gasteiger partial charge in [-0.3, -0.25) is 9.48 Å². The molecule has 17 heavy (non-hydrogen) atoms. The van der Waals surface area contributed by atoms with Crippen molar-refractivity contribution in [3.8, 4) is 0 Å². The highest BCUT2D eigenvalue weighted by atomic mass is 16.5. The number of hydrogen-bond acceptors (Lipinski definition) is 4. The Hall–Kier alpha value is -1.89. The first-order valence-electron chi connectivity index (χ1n) is 5.22. The predicted molar refractivity (Wildman–Crippen MR) is 58.3 cm³/mol. The van der Waals surface area contributed by atoms with Gasteiger partial charge in [0.1, 0.15) is 13.2 Å². The van der Waals surface area contributed by atoms with Crippen LogP contribution < -0.4 is 5.32 Å². The Morgan fingerprint density at radius 3 is 2.88 bits per heavy atom. The van der Waals surface area contributed by atoms with Crippen molar-refractivity contribution in [2.24, 2.45) is 0 Å². The number of rotatable bonds is 8. The topological polar surface area (TPSA) is 93.5 Å². The summed E-state index contributed by atoms with van der Waals surface area (Å²) in [4.78, 5) is 21.2. The van der Waals surface area contributed by atoms with E-state index < -0.39 is 12.6 Å². The lowest BCUT2D eigenvalue weighted by Crippen LogP contribution is -2.29. The summed E-state index contributed by atoms with van der Waals surface area (Å²) >= 11 is 0. The van der Waals surface area contributed by atoms with E-state index in [1.165, 1.54) is 0 Å². The van der Waals surface area contributed by atoms with Crippen LogP contribution in [0.25, 0.3) is 0 Å². The zero-order chi connectivity index (χ0) is 12.5. The van der Waals surface area contributed by atoms with Crippen LogP contribution in [0.1, 0.15) is 6.42 Å². The third-order valence-corrected chi connectivity index (χ3v) is 1.90. The number of carboxylic acids is 1. The molecule has 7 nitrogen and oxygen atoms in total. The molecule has 1 heterocycles. The van der Waals surface area contributed by atoms with Gasteiger partial charge in [-0.25, -0.2) is 4.79 Å². The molecule has 0 unspecified atom stereocenters. The first-order chi connectivity index (χ1) is 8.18. The van der Waals surface area contributed by atoms with Gasteiger partial charge in [0, 0.05) is 25.5 Å². The van der Waals surface area contributed by atoms with Crippen molar-refractivity contribution in [1.29, 1.82) is 0 Å². The number of carboxylic acid groups (broad SMARTS) is 1. The van der Waals surface area contributed by atoms with Gasteiger partial charge in [-0.1, -0.05) is 0 Å². The molecular weight excluding hydrogens is 226 g/mol. The number of aromatic nitrogens is 2. The van der Waals surface area contributed by atoms with Gasteiger partial charge < -0.3 is 15.2 Å². The normalized spacial score (nSPS) is 10.1. The number of hydrogen-bond donors (Lipinski definition) is 2. The summed E-state index contributed by atoms with van der Waals surface area (Å²) in [5, 5.41) is 14.9. The molecule has 0 aliphatic heterocycles. The molecule has 0 bridgehead atoms. The Morgan fingerprint density at radius 1 is 1.41 bits per heavy atom. The van der Waals surface area contributed by atoms with Crippen molar-refractivity contribution in [1.82, 2.24) is 15.1 Å². The first kappa shape index (κ1) is 13.2. The fraction of sp³-hybridized carbons (Fsp3) is 0.500. The highest BCUT2D eigenvalue weighted by Gasteiger charge is 2.02.